The van der Waals surface area contributed by atoms with E-state index in [1.54, 1.807) is 10.9 Å². The summed E-state index contributed by atoms with van der Waals surface area (Å²) in [5.74, 6) is 0.0940. The second-order valence-corrected chi connectivity index (χ2v) is 5.35. The highest BCUT2D eigenvalue weighted by Gasteiger charge is 2.22. The Morgan fingerprint density at radius 3 is 3.11 bits per heavy atom. The van der Waals surface area contributed by atoms with Crippen LogP contribution in [0.25, 0.3) is 0 Å². The number of hydrogen-bond acceptors (Lipinski definition) is 5. The van der Waals surface area contributed by atoms with Gasteiger partial charge < -0.3 is 10.1 Å². The molecule has 6 heteroatoms. The van der Waals surface area contributed by atoms with Gasteiger partial charge in [-0.05, 0) is 25.7 Å². The van der Waals surface area contributed by atoms with Crippen molar-refractivity contribution in [1.29, 1.82) is 0 Å². The maximum Gasteiger partial charge on any atom is 0.184 e. The van der Waals surface area contributed by atoms with E-state index >= 15 is 0 Å². The van der Waals surface area contributed by atoms with Crippen molar-refractivity contribution in [2.75, 3.05) is 19.7 Å². The average molecular weight is 264 g/mol. The molecule has 0 saturated carbocycles. The minimum Gasteiger partial charge on any atom is -0.378 e. The van der Waals surface area contributed by atoms with E-state index in [2.05, 4.69) is 15.6 Å². The second kappa shape index (κ2) is 5.79. The van der Waals surface area contributed by atoms with Crippen molar-refractivity contribution in [2.45, 2.75) is 44.2 Å². The van der Waals surface area contributed by atoms with Gasteiger partial charge >= 0.3 is 0 Å². The maximum absolute atomic E-state index is 12.0. The number of ketones is 1. The Bertz CT molecular complexity index is 436. The summed E-state index contributed by atoms with van der Waals surface area (Å²) >= 11 is 0. The van der Waals surface area contributed by atoms with Gasteiger partial charge in [-0.2, -0.15) is 0 Å². The molecule has 0 spiro atoms. The van der Waals surface area contributed by atoms with Crippen molar-refractivity contribution in [3.05, 3.63) is 11.9 Å². The third kappa shape index (κ3) is 3.01. The Kier molecular flexibility index (Phi) is 3.89. The third-order valence-electron chi connectivity index (χ3n) is 3.88. The largest absolute Gasteiger partial charge is 0.378 e. The van der Waals surface area contributed by atoms with E-state index in [-0.39, 0.29) is 5.78 Å². The number of nitrogens with zero attached hydrogens (tertiary/aromatic N) is 3. The molecule has 1 unspecified atom stereocenters. The summed E-state index contributed by atoms with van der Waals surface area (Å²) in [4.78, 5) is 12.0. The molecule has 6 nitrogen and oxygen atoms in total. The normalized spacial score (nSPS) is 23.5. The number of hydrogen-bond donors (Lipinski definition) is 1. The van der Waals surface area contributed by atoms with E-state index in [1.807, 2.05) is 0 Å². The van der Waals surface area contributed by atoms with Crippen LogP contribution in [0.1, 0.15) is 48.6 Å². The minimum absolute atomic E-state index is 0.0940. The van der Waals surface area contributed by atoms with Gasteiger partial charge in [0.2, 0.25) is 0 Å². The van der Waals surface area contributed by atoms with Gasteiger partial charge in [0.1, 0.15) is 5.69 Å². The molecule has 0 aliphatic carbocycles. The highest BCUT2D eigenvalue weighted by Crippen LogP contribution is 2.18. The predicted octanol–water partition coefficient (Wildman–Crippen LogP) is 0.954. The molecule has 2 aliphatic rings. The van der Waals surface area contributed by atoms with Crippen LogP contribution in [0.3, 0.4) is 0 Å². The van der Waals surface area contributed by atoms with Gasteiger partial charge in [-0.15, -0.1) is 5.10 Å². The van der Waals surface area contributed by atoms with Gasteiger partial charge in [-0.25, -0.2) is 4.68 Å². The smallest absolute Gasteiger partial charge is 0.184 e. The van der Waals surface area contributed by atoms with Crippen LogP contribution >= 0.6 is 0 Å². The second-order valence-electron chi connectivity index (χ2n) is 5.35. The first-order valence-corrected chi connectivity index (χ1v) is 7.10. The van der Waals surface area contributed by atoms with Crippen molar-refractivity contribution in [3.63, 3.8) is 0 Å². The van der Waals surface area contributed by atoms with Gasteiger partial charge in [0.15, 0.2) is 5.78 Å². The molecule has 1 aromatic heterocycles. The zero-order valence-electron chi connectivity index (χ0n) is 11.0. The van der Waals surface area contributed by atoms with Gasteiger partial charge in [-0.3, -0.25) is 4.79 Å². The molecule has 19 heavy (non-hydrogen) atoms. The molecule has 104 valence electrons. The highest BCUT2D eigenvalue weighted by atomic mass is 16.5. The molecule has 0 aromatic carbocycles. The molecular formula is C13H20N4O2. The first-order valence-electron chi connectivity index (χ1n) is 7.10. The number of carbonyl (C=O) groups is 1. The van der Waals surface area contributed by atoms with Crippen molar-refractivity contribution in [3.8, 4) is 0 Å². The lowest BCUT2D eigenvalue weighted by Gasteiger charge is -2.26. The van der Waals surface area contributed by atoms with E-state index in [9.17, 15) is 4.79 Å². The molecule has 2 saturated heterocycles. The van der Waals surface area contributed by atoms with Crippen LogP contribution in [-0.2, 0) is 4.74 Å². The van der Waals surface area contributed by atoms with Gasteiger partial charge in [0, 0.05) is 26.1 Å². The number of carbonyl (C=O) groups excluding carboxylic acids is 1. The summed E-state index contributed by atoms with van der Waals surface area (Å²) in [6.07, 6.45) is 6.83. The fourth-order valence-corrected chi connectivity index (χ4v) is 2.53. The zero-order valence-corrected chi connectivity index (χ0v) is 11.0. The summed E-state index contributed by atoms with van der Waals surface area (Å²) in [5, 5.41) is 11.2. The Morgan fingerprint density at radius 1 is 1.53 bits per heavy atom. The van der Waals surface area contributed by atoms with E-state index in [0.29, 0.717) is 24.3 Å². The van der Waals surface area contributed by atoms with Crippen molar-refractivity contribution >= 4 is 5.78 Å². The molecule has 3 rings (SSSR count). The standard InChI is InChI=1S/C13H20N4O2/c18-13(5-1-3-11-4-2-6-19-11)12-9-17(16-15-12)10-7-14-8-10/h9-11,14H,1-8H2. The van der Waals surface area contributed by atoms with E-state index in [1.165, 1.54) is 0 Å². The van der Waals surface area contributed by atoms with Crippen molar-refractivity contribution in [1.82, 2.24) is 20.3 Å². The Morgan fingerprint density at radius 2 is 2.42 bits per heavy atom. The molecule has 0 amide bonds. The molecule has 1 aromatic rings. The van der Waals surface area contributed by atoms with Crippen LogP contribution < -0.4 is 5.32 Å². The first kappa shape index (κ1) is 12.7. The molecule has 1 atom stereocenters. The highest BCUT2D eigenvalue weighted by molar-refractivity contribution is 5.93. The summed E-state index contributed by atoms with van der Waals surface area (Å²) in [6, 6.07) is 0.362. The topological polar surface area (TPSA) is 69.0 Å². The molecule has 1 N–H and O–H groups in total. The number of aromatic nitrogens is 3. The molecule has 3 heterocycles. The molecule has 0 bridgehead atoms. The zero-order chi connectivity index (χ0) is 13.1. The van der Waals surface area contributed by atoms with E-state index in [4.69, 9.17) is 4.74 Å². The summed E-state index contributed by atoms with van der Waals surface area (Å²) in [7, 11) is 0. The minimum atomic E-state index is 0.0940. The Balaban J connectivity index is 1.45. The van der Waals surface area contributed by atoms with Crippen LogP contribution in [0.5, 0.6) is 0 Å². The molecular weight excluding hydrogens is 244 g/mol. The molecule has 2 fully saturated rings. The Labute approximate surface area is 112 Å². The molecule has 0 radical (unpaired) electrons. The average Bonchev–Trinajstić information content (AvgIpc) is 2.97. The first-order chi connectivity index (χ1) is 9.33. The Hall–Kier alpha value is -1.27. The van der Waals surface area contributed by atoms with E-state index < -0.39 is 0 Å². The summed E-state index contributed by atoms with van der Waals surface area (Å²) in [5.41, 5.74) is 0.499. The van der Waals surface area contributed by atoms with Crippen molar-refractivity contribution < 1.29 is 9.53 Å². The monoisotopic (exact) mass is 264 g/mol. The van der Waals surface area contributed by atoms with Crippen LogP contribution in [0.4, 0.5) is 0 Å². The van der Waals surface area contributed by atoms with Crippen molar-refractivity contribution in [2.24, 2.45) is 0 Å². The lowest BCUT2D eigenvalue weighted by atomic mass is 10.1. The number of nitrogens with one attached hydrogen (secondary N) is 1. The van der Waals surface area contributed by atoms with Gasteiger partial charge in [0.05, 0.1) is 18.3 Å². The summed E-state index contributed by atoms with van der Waals surface area (Å²) < 4.78 is 7.34. The van der Waals surface area contributed by atoms with Gasteiger partial charge in [-0.1, -0.05) is 5.21 Å². The third-order valence-corrected chi connectivity index (χ3v) is 3.88. The maximum atomic E-state index is 12.0. The number of rotatable bonds is 6. The number of ether oxygens (including phenoxy) is 1. The van der Waals surface area contributed by atoms with E-state index in [0.717, 1.165) is 45.4 Å². The SMILES string of the molecule is O=C(CCCC1CCCO1)c1cn(C2CNC2)nn1. The fourth-order valence-electron chi connectivity index (χ4n) is 2.53. The van der Waals surface area contributed by atoms with Gasteiger partial charge in [0.25, 0.3) is 0 Å². The van der Waals surface area contributed by atoms with Crippen LogP contribution in [0.2, 0.25) is 0 Å². The predicted molar refractivity (Wildman–Crippen MR) is 69.1 cm³/mol. The van der Waals surface area contributed by atoms with Crippen LogP contribution in [0.15, 0.2) is 6.20 Å². The van der Waals surface area contributed by atoms with Crippen LogP contribution in [0, 0.1) is 0 Å². The molecule has 2 aliphatic heterocycles. The summed E-state index contributed by atoms with van der Waals surface area (Å²) in [6.45, 7) is 2.70. The number of Topliss-reactive ketones (excluding diaryl/α,β-unsaturated/α-hetero) is 1. The quantitative estimate of drug-likeness (QED) is 0.775. The van der Waals surface area contributed by atoms with Crippen LogP contribution in [-0.4, -0.2) is 46.6 Å². The lowest BCUT2D eigenvalue weighted by molar-refractivity contribution is 0.0919. The lowest BCUT2D eigenvalue weighted by Crippen LogP contribution is -2.43. The fraction of sp³-hybridized carbons (Fsp3) is 0.769.